The Morgan fingerprint density at radius 2 is 1.95 bits per heavy atom. The zero-order valence-electron chi connectivity index (χ0n) is 11.8. The molecule has 0 aliphatic carbocycles. The van der Waals surface area contributed by atoms with Gasteiger partial charge in [-0.05, 0) is 31.7 Å². The molecule has 0 aliphatic rings. The topological polar surface area (TPSA) is 50.3 Å². The van der Waals surface area contributed by atoms with Gasteiger partial charge in [0.2, 0.25) is 0 Å². The fourth-order valence-electron chi connectivity index (χ4n) is 1.96. The second kappa shape index (κ2) is 6.03. The molecular weight excluding hydrogens is 292 g/mol. The van der Waals surface area contributed by atoms with Crippen molar-refractivity contribution < 1.29 is 8.42 Å². The predicted molar refractivity (Wildman–Crippen MR) is 81.5 cm³/mol. The van der Waals surface area contributed by atoms with Gasteiger partial charge in [0.15, 0.2) is 9.84 Å². The summed E-state index contributed by atoms with van der Waals surface area (Å²) in [6, 6.07) is 7.28. The highest BCUT2D eigenvalue weighted by Crippen LogP contribution is 2.22. The molecule has 1 heterocycles. The lowest BCUT2D eigenvalue weighted by atomic mass is 10.1. The van der Waals surface area contributed by atoms with E-state index in [1.165, 1.54) is 6.26 Å². The molecule has 0 saturated carbocycles. The first-order chi connectivity index (χ1) is 9.38. The fourth-order valence-corrected chi connectivity index (χ4v) is 3.14. The summed E-state index contributed by atoms with van der Waals surface area (Å²) in [4.78, 5) is 6.82. The van der Waals surface area contributed by atoms with E-state index in [1.54, 1.807) is 23.5 Å². The lowest BCUT2D eigenvalue weighted by Crippen LogP contribution is -2.22. The van der Waals surface area contributed by atoms with Crippen LogP contribution in [0.2, 0.25) is 0 Å². The predicted octanol–water partition coefficient (Wildman–Crippen LogP) is 2.74. The van der Waals surface area contributed by atoms with Crippen molar-refractivity contribution in [2.24, 2.45) is 0 Å². The van der Waals surface area contributed by atoms with Gasteiger partial charge in [-0.3, -0.25) is 4.90 Å². The zero-order chi connectivity index (χ0) is 14.8. The van der Waals surface area contributed by atoms with Gasteiger partial charge in [0.1, 0.15) is 0 Å². The Kier molecular flexibility index (Phi) is 4.57. The van der Waals surface area contributed by atoms with E-state index in [0.717, 1.165) is 17.8 Å². The second-order valence-corrected chi connectivity index (χ2v) is 7.65. The SMILES string of the molecule is C[C@@H](c1ccc(S(C)(=O)=O)cc1)N(C)Cc1cscn1. The Labute approximate surface area is 124 Å². The van der Waals surface area contributed by atoms with Crippen LogP contribution in [-0.4, -0.2) is 31.6 Å². The molecule has 0 bridgehead atoms. The van der Waals surface area contributed by atoms with Gasteiger partial charge < -0.3 is 0 Å². The second-order valence-electron chi connectivity index (χ2n) is 4.91. The van der Waals surface area contributed by atoms with Crippen LogP contribution in [0.3, 0.4) is 0 Å². The van der Waals surface area contributed by atoms with E-state index in [4.69, 9.17) is 0 Å². The van der Waals surface area contributed by atoms with Crippen LogP contribution >= 0.6 is 11.3 Å². The van der Waals surface area contributed by atoms with Gasteiger partial charge >= 0.3 is 0 Å². The maximum Gasteiger partial charge on any atom is 0.175 e. The Hall–Kier alpha value is -1.24. The number of nitrogens with zero attached hydrogens (tertiary/aromatic N) is 2. The van der Waals surface area contributed by atoms with Crippen LogP contribution in [0.25, 0.3) is 0 Å². The summed E-state index contributed by atoms with van der Waals surface area (Å²) in [6.45, 7) is 2.88. The molecule has 2 aromatic rings. The summed E-state index contributed by atoms with van der Waals surface area (Å²) < 4.78 is 22.9. The quantitative estimate of drug-likeness (QED) is 0.852. The molecule has 4 nitrogen and oxygen atoms in total. The number of rotatable bonds is 5. The molecule has 0 aliphatic heterocycles. The van der Waals surface area contributed by atoms with Crippen LogP contribution in [-0.2, 0) is 16.4 Å². The monoisotopic (exact) mass is 310 g/mol. The highest BCUT2D eigenvalue weighted by molar-refractivity contribution is 7.90. The summed E-state index contributed by atoms with van der Waals surface area (Å²) in [5.41, 5.74) is 3.97. The number of sulfone groups is 1. The molecule has 0 radical (unpaired) electrons. The van der Waals surface area contributed by atoms with Crippen molar-refractivity contribution >= 4 is 21.2 Å². The molecule has 2 rings (SSSR count). The van der Waals surface area contributed by atoms with Crippen LogP contribution in [0.1, 0.15) is 24.2 Å². The Morgan fingerprint density at radius 3 is 2.45 bits per heavy atom. The van der Waals surface area contributed by atoms with Crippen molar-refractivity contribution in [2.45, 2.75) is 24.4 Å². The van der Waals surface area contributed by atoms with Gasteiger partial charge in [0.05, 0.1) is 16.1 Å². The molecule has 1 aromatic carbocycles. The minimum Gasteiger partial charge on any atom is -0.294 e. The van der Waals surface area contributed by atoms with E-state index in [2.05, 4.69) is 16.8 Å². The lowest BCUT2D eigenvalue weighted by molar-refractivity contribution is 0.250. The largest absolute Gasteiger partial charge is 0.294 e. The zero-order valence-corrected chi connectivity index (χ0v) is 13.4. The van der Waals surface area contributed by atoms with Crippen LogP contribution < -0.4 is 0 Å². The van der Waals surface area contributed by atoms with E-state index in [-0.39, 0.29) is 6.04 Å². The van der Waals surface area contributed by atoms with Crippen LogP contribution in [0.5, 0.6) is 0 Å². The van der Waals surface area contributed by atoms with E-state index in [9.17, 15) is 8.42 Å². The molecule has 1 aromatic heterocycles. The van der Waals surface area contributed by atoms with Gasteiger partial charge in [0.25, 0.3) is 0 Å². The Morgan fingerprint density at radius 1 is 1.30 bits per heavy atom. The molecule has 108 valence electrons. The number of benzene rings is 1. The molecule has 0 spiro atoms. The molecule has 0 fully saturated rings. The number of hydrogen-bond acceptors (Lipinski definition) is 5. The first-order valence-corrected chi connectivity index (χ1v) is 9.08. The third-order valence-corrected chi connectivity index (χ3v) is 5.11. The average molecular weight is 310 g/mol. The lowest BCUT2D eigenvalue weighted by Gasteiger charge is -2.24. The third kappa shape index (κ3) is 3.65. The molecular formula is C14H18N2O2S2. The van der Waals surface area contributed by atoms with Crippen LogP contribution in [0, 0.1) is 0 Å². The van der Waals surface area contributed by atoms with E-state index in [0.29, 0.717) is 4.90 Å². The van der Waals surface area contributed by atoms with Crippen molar-refractivity contribution in [3.8, 4) is 0 Å². The van der Waals surface area contributed by atoms with Crippen molar-refractivity contribution in [2.75, 3.05) is 13.3 Å². The average Bonchev–Trinajstić information content (AvgIpc) is 2.90. The molecule has 0 N–H and O–H groups in total. The van der Waals surface area contributed by atoms with E-state index >= 15 is 0 Å². The van der Waals surface area contributed by atoms with Gasteiger partial charge in [-0.2, -0.15) is 0 Å². The summed E-state index contributed by atoms with van der Waals surface area (Å²) >= 11 is 1.59. The number of hydrogen-bond donors (Lipinski definition) is 0. The summed E-state index contributed by atoms with van der Waals surface area (Å²) in [5.74, 6) is 0. The van der Waals surface area contributed by atoms with Gasteiger partial charge in [-0.15, -0.1) is 11.3 Å². The smallest absolute Gasteiger partial charge is 0.175 e. The minimum atomic E-state index is -3.13. The van der Waals surface area contributed by atoms with Crippen LogP contribution in [0.15, 0.2) is 40.1 Å². The fraction of sp³-hybridized carbons (Fsp3) is 0.357. The van der Waals surface area contributed by atoms with Crippen molar-refractivity contribution in [1.29, 1.82) is 0 Å². The van der Waals surface area contributed by atoms with Crippen molar-refractivity contribution in [1.82, 2.24) is 9.88 Å². The van der Waals surface area contributed by atoms with Crippen LogP contribution in [0.4, 0.5) is 0 Å². The molecule has 0 saturated heterocycles. The first-order valence-electron chi connectivity index (χ1n) is 6.25. The number of aromatic nitrogens is 1. The van der Waals surface area contributed by atoms with Gasteiger partial charge in [0, 0.05) is 24.2 Å². The molecule has 0 unspecified atom stereocenters. The summed E-state index contributed by atoms with van der Waals surface area (Å²) in [5, 5.41) is 2.04. The number of thiazole rings is 1. The highest BCUT2D eigenvalue weighted by Gasteiger charge is 2.14. The molecule has 20 heavy (non-hydrogen) atoms. The summed E-state index contributed by atoms with van der Waals surface area (Å²) in [6.07, 6.45) is 1.22. The summed E-state index contributed by atoms with van der Waals surface area (Å²) in [7, 11) is -1.09. The third-order valence-electron chi connectivity index (χ3n) is 3.35. The Bertz CT molecular complexity index is 649. The van der Waals surface area contributed by atoms with E-state index < -0.39 is 9.84 Å². The maximum atomic E-state index is 11.4. The van der Waals surface area contributed by atoms with Gasteiger partial charge in [-0.1, -0.05) is 12.1 Å². The van der Waals surface area contributed by atoms with Gasteiger partial charge in [-0.25, -0.2) is 13.4 Å². The molecule has 0 amide bonds. The first kappa shape index (κ1) is 15.2. The van der Waals surface area contributed by atoms with Crippen molar-refractivity contribution in [3.63, 3.8) is 0 Å². The molecule has 6 heteroatoms. The maximum absolute atomic E-state index is 11.4. The standard InChI is InChI=1S/C14H18N2O2S2/c1-11(16(2)8-13-9-19-10-15-13)12-4-6-14(7-5-12)20(3,17)18/h4-7,9-11H,8H2,1-3H3/t11-/m0/s1. The molecule has 1 atom stereocenters. The van der Waals surface area contributed by atoms with E-state index in [1.807, 2.05) is 30.1 Å². The van der Waals surface area contributed by atoms with Crippen molar-refractivity contribution in [3.05, 3.63) is 46.4 Å². The normalized spacial score (nSPS) is 13.6. The minimum absolute atomic E-state index is 0.199. The Balaban J connectivity index is 2.10. The highest BCUT2D eigenvalue weighted by atomic mass is 32.2.